The number of nitrogens with zero attached hydrogens (tertiary/aromatic N) is 2. The van der Waals surface area contributed by atoms with Gasteiger partial charge in [0.15, 0.2) is 11.5 Å². The number of thiophene rings is 1. The number of ether oxygens (including phenoxy) is 2. The van der Waals surface area contributed by atoms with Gasteiger partial charge in [-0.1, -0.05) is 6.07 Å². The minimum Gasteiger partial charge on any atom is -0.493 e. The lowest BCUT2D eigenvalue weighted by Crippen LogP contribution is -2.42. The molecule has 156 valence electrons. The van der Waals surface area contributed by atoms with Crippen LogP contribution in [0.5, 0.6) is 11.5 Å². The van der Waals surface area contributed by atoms with Crippen LogP contribution in [-0.2, 0) is 14.8 Å². The van der Waals surface area contributed by atoms with Gasteiger partial charge in [0, 0.05) is 30.0 Å². The second-order valence-electron chi connectivity index (χ2n) is 6.44. The molecule has 0 radical (unpaired) electrons. The summed E-state index contributed by atoms with van der Waals surface area (Å²) in [5.41, 5.74) is 2.54. The number of hydrazone groups is 1. The molecule has 0 saturated carbocycles. The van der Waals surface area contributed by atoms with E-state index in [0.29, 0.717) is 24.3 Å². The predicted octanol–water partition coefficient (Wildman–Crippen LogP) is 2.32. The summed E-state index contributed by atoms with van der Waals surface area (Å²) in [6.45, 7) is 0.535. The molecular formula is C19H23N3O5S2. The van der Waals surface area contributed by atoms with Crippen molar-refractivity contribution in [1.29, 1.82) is 0 Å². The molecule has 1 aliphatic heterocycles. The highest BCUT2D eigenvalue weighted by Gasteiger charge is 2.32. The van der Waals surface area contributed by atoms with Crippen LogP contribution >= 0.6 is 11.3 Å². The van der Waals surface area contributed by atoms with E-state index in [1.54, 1.807) is 12.3 Å². The average Bonchev–Trinajstić information content (AvgIpc) is 3.26. The maximum absolute atomic E-state index is 12.9. The van der Waals surface area contributed by atoms with E-state index in [-0.39, 0.29) is 29.8 Å². The molecule has 0 bridgehead atoms. The summed E-state index contributed by atoms with van der Waals surface area (Å²) >= 11 is 1.53. The molecule has 1 saturated heterocycles. The molecule has 1 aromatic heterocycles. The van der Waals surface area contributed by atoms with Crippen LogP contribution in [0.3, 0.4) is 0 Å². The molecule has 1 aromatic carbocycles. The number of carbonyl (C=O) groups excluding carboxylic acids is 1. The van der Waals surface area contributed by atoms with Crippen molar-refractivity contribution in [3.05, 3.63) is 40.6 Å². The van der Waals surface area contributed by atoms with Gasteiger partial charge in [-0.25, -0.2) is 13.8 Å². The van der Waals surface area contributed by atoms with Gasteiger partial charge in [-0.2, -0.15) is 9.41 Å². The first-order valence-electron chi connectivity index (χ1n) is 9.04. The van der Waals surface area contributed by atoms with E-state index < -0.39 is 10.0 Å². The van der Waals surface area contributed by atoms with E-state index in [9.17, 15) is 13.2 Å². The maximum atomic E-state index is 12.9. The Balaban J connectivity index is 1.60. The van der Waals surface area contributed by atoms with Gasteiger partial charge in [0.1, 0.15) is 0 Å². The highest BCUT2D eigenvalue weighted by Crippen LogP contribution is 2.32. The van der Waals surface area contributed by atoms with Crippen LogP contribution in [0.4, 0.5) is 0 Å². The molecule has 0 aliphatic carbocycles. The molecule has 0 spiro atoms. The summed E-state index contributed by atoms with van der Waals surface area (Å²) in [5.74, 6) is 0.352. The second kappa shape index (κ2) is 9.38. The fraction of sp³-hybridized carbons (Fsp3) is 0.368. The quantitative estimate of drug-likeness (QED) is 0.530. The normalized spacial score (nSPS) is 16.1. The van der Waals surface area contributed by atoms with Crippen molar-refractivity contribution in [3.63, 3.8) is 0 Å². The lowest BCUT2D eigenvalue weighted by molar-refractivity contribution is -0.126. The molecular weight excluding hydrogens is 414 g/mol. The van der Waals surface area contributed by atoms with Crippen molar-refractivity contribution in [2.75, 3.05) is 27.3 Å². The fourth-order valence-electron chi connectivity index (χ4n) is 3.10. The van der Waals surface area contributed by atoms with E-state index in [2.05, 4.69) is 10.5 Å². The summed E-state index contributed by atoms with van der Waals surface area (Å²) in [5, 5.41) is 5.90. The Kier molecular flexibility index (Phi) is 6.88. The molecule has 1 fully saturated rings. The maximum Gasteiger partial charge on any atom is 0.243 e. The van der Waals surface area contributed by atoms with Gasteiger partial charge in [0.25, 0.3) is 0 Å². The van der Waals surface area contributed by atoms with Gasteiger partial charge in [-0.05, 0) is 36.4 Å². The zero-order valence-corrected chi connectivity index (χ0v) is 17.8. The summed E-state index contributed by atoms with van der Waals surface area (Å²) in [6.07, 6.45) is 2.47. The molecule has 3 rings (SSSR count). The predicted molar refractivity (Wildman–Crippen MR) is 111 cm³/mol. The summed E-state index contributed by atoms with van der Waals surface area (Å²) in [4.78, 5) is 13.4. The van der Waals surface area contributed by atoms with Crippen LogP contribution in [0, 0.1) is 5.92 Å². The molecule has 1 N–H and O–H groups in total. The van der Waals surface area contributed by atoms with Crippen LogP contribution in [0.1, 0.15) is 17.7 Å². The van der Waals surface area contributed by atoms with Gasteiger partial charge >= 0.3 is 0 Å². The number of rotatable bonds is 7. The van der Waals surface area contributed by atoms with Gasteiger partial charge in [0.2, 0.25) is 15.9 Å². The number of hydrogen-bond acceptors (Lipinski definition) is 7. The number of carbonyl (C=O) groups is 1. The zero-order valence-electron chi connectivity index (χ0n) is 16.2. The first-order chi connectivity index (χ1) is 14.0. The number of benzene rings is 1. The second-order valence-corrected chi connectivity index (χ2v) is 9.36. The minimum absolute atomic E-state index is 0.138. The topological polar surface area (TPSA) is 97.3 Å². The van der Waals surface area contributed by atoms with Gasteiger partial charge in [-0.3, -0.25) is 4.79 Å². The first-order valence-corrected chi connectivity index (χ1v) is 11.4. The SMILES string of the molecule is COc1ccc(S(=O)(=O)N2CCC(C(=O)N/N=C\c3cccs3)CC2)cc1OC. The van der Waals surface area contributed by atoms with Crippen molar-refractivity contribution in [2.24, 2.45) is 11.0 Å². The van der Waals surface area contributed by atoms with Crippen LogP contribution < -0.4 is 14.9 Å². The number of methoxy groups -OCH3 is 2. The molecule has 29 heavy (non-hydrogen) atoms. The van der Waals surface area contributed by atoms with Crippen molar-refractivity contribution < 1.29 is 22.7 Å². The molecule has 2 heterocycles. The monoisotopic (exact) mass is 437 g/mol. The van der Waals surface area contributed by atoms with Crippen molar-refractivity contribution in [1.82, 2.24) is 9.73 Å². The van der Waals surface area contributed by atoms with Gasteiger partial charge in [-0.15, -0.1) is 11.3 Å². The summed E-state index contributed by atoms with van der Waals surface area (Å²) in [7, 11) is -0.727. The Bertz CT molecular complexity index is 966. The largest absolute Gasteiger partial charge is 0.493 e. The third-order valence-corrected chi connectivity index (χ3v) is 7.43. The van der Waals surface area contributed by atoms with E-state index in [1.807, 2.05) is 17.5 Å². The standard InChI is InChI=1S/C19H23N3O5S2/c1-26-17-6-5-16(12-18(17)27-2)29(24,25)22-9-7-14(8-10-22)19(23)21-20-13-15-4-3-11-28-15/h3-6,11-14H,7-10H2,1-2H3,(H,21,23)/b20-13-. The molecule has 2 aromatic rings. The Hall–Kier alpha value is -2.43. The molecule has 1 amide bonds. The number of sulfonamides is 1. The van der Waals surface area contributed by atoms with E-state index in [1.165, 1.54) is 42.0 Å². The van der Waals surface area contributed by atoms with Gasteiger partial charge in [0.05, 0.1) is 25.3 Å². The Labute approximate surface area is 174 Å². The van der Waals surface area contributed by atoms with Crippen molar-refractivity contribution >= 4 is 33.5 Å². The highest BCUT2D eigenvalue weighted by molar-refractivity contribution is 7.89. The fourth-order valence-corrected chi connectivity index (χ4v) is 5.17. The lowest BCUT2D eigenvalue weighted by Gasteiger charge is -2.30. The zero-order chi connectivity index (χ0) is 20.9. The number of piperidine rings is 1. The third-order valence-electron chi connectivity index (χ3n) is 4.73. The lowest BCUT2D eigenvalue weighted by atomic mass is 9.98. The van der Waals surface area contributed by atoms with Crippen LogP contribution in [0.2, 0.25) is 0 Å². The smallest absolute Gasteiger partial charge is 0.243 e. The van der Waals surface area contributed by atoms with Crippen LogP contribution in [-0.4, -0.2) is 52.2 Å². The van der Waals surface area contributed by atoms with Crippen LogP contribution in [0.25, 0.3) is 0 Å². The number of hydrogen-bond donors (Lipinski definition) is 1. The number of nitrogens with one attached hydrogen (secondary N) is 1. The molecule has 0 atom stereocenters. The Morgan fingerprint density at radius 2 is 1.93 bits per heavy atom. The molecule has 8 nitrogen and oxygen atoms in total. The number of amides is 1. The van der Waals surface area contributed by atoms with E-state index >= 15 is 0 Å². The van der Waals surface area contributed by atoms with Crippen molar-refractivity contribution in [2.45, 2.75) is 17.7 Å². The Morgan fingerprint density at radius 3 is 2.55 bits per heavy atom. The summed E-state index contributed by atoms with van der Waals surface area (Å²) < 4.78 is 37.6. The summed E-state index contributed by atoms with van der Waals surface area (Å²) in [6, 6.07) is 8.32. The van der Waals surface area contributed by atoms with E-state index in [4.69, 9.17) is 9.47 Å². The van der Waals surface area contributed by atoms with Crippen molar-refractivity contribution in [3.8, 4) is 11.5 Å². The van der Waals surface area contributed by atoms with Gasteiger partial charge < -0.3 is 9.47 Å². The first kappa shape index (κ1) is 21.3. The molecule has 10 heteroatoms. The highest BCUT2D eigenvalue weighted by atomic mass is 32.2. The molecule has 0 unspecified atom stereocenters. The third kappa shape index (κ3) is 4.95. The van der Waals surface area contributed by atoms with E-state index in [0.717, 1.165) is 4.88 Å². The van der Waals surface area contributed by atoms with Crippen LogP contribution in [0.15, 0.2) is 45.7 Å². The minimum atomic E-state index is -3.68. The average molecular weight is 438 g/mol. The molecule has 1 aliphatic rings. The Morgan fingerprint density at radius 1 is 1.21 bits per heavy atom.